The van der Waals surface area contributed by atoms with Crippen LogP contribution in [0.5, 0.6) is 0 Å². The average molecular weight is 201 g/mol. The van der Waals surface area contributed by atoms with Crippen LogP contribution in [0.1, 0.15) is 27.2 Å². The van der Waals surface area contributed by atoms with Gasteiger partial charge < -0.3 is 4.79 Å². The van der Waals surface area contributed by atoms with Gasteiger partial charge >= 0.3 is 0 Å². The van der Waals surface area contributed by atoms with E-state index in [1.165, 1.54) is 6.42 Å². The van der Waals surface area contributed by atoms with Gasteiger partial charge in [0.1, 0.15) is 6.29 Å². The van der Waals surface area contributed by atoms with E-state index in [0.717, 1.165) is 25.1 Å². The van der Waals surface area contributed by atoms with Crippen molar-refractivity contribution in [3.05, 3.63) is 0 Å². The molecule has 0 N–H and O–H groups in total. The van der Waals surface area contributed by atoms with Gasteiger partial charge in [-0.25, -0.2) is 0 Å². The number of carbonyl (C=O) groups is 1. The van der Waals surface area contributed by atoms with E-state index in [2.05, 4.69) is 11.8 Å². The maximum atomic E-state index is 10.9. The first-order valence-corrected chi connectivity index (χ1v) is 5.98. The molecule has 0 aromatic rings. The van der Waals surface area contributed by atoms with Crippen LogP contribution in [0.4, 0.5) is 0 Å². The first-order chi connectivity index (χ1) is 6.10. The standard InChI is InChI=1S/C10H19NOS/c1-4-9-7-11(5-6-13-9)10(2,3)8-12/h8-9H,4-7H2,1-3H3. The highest BCUT2D eigenvalue weighted by Gasteiger charge is 2.30. The Bertz CT molecular complexity index is 182. The summed E-state index contributed by atoms with van der Waals surface area (Å²) in [5.74, 6) is 1.16. The quantitative estimate of drug-likeness (QED) is 0.649. The Labute approximate surface area is 85.1 Å². The Morgan fingerprint density at radius 3 is 2.85 bits per heavy atom. The Balaban J connectivity index is 2.55. The van der Waals surface area contributed by atoms with Crippen LogP contribution < -0.4 is 0 Å². The van der Waals surface area contributed by atoms with Crippen molar-refractivity contribution in [2.24, 2.45) is 0 Å². The van der Waals surface area contributed by atoms with Gasteiger partial charge in [0.05, 0.1) is 5.54 Å². The molecule has 76 valence electrons. The van der Waals surface area contributed by atoms with Gasteiger partial charge in [-0.2, -0.15) is 11.8 Å². The number of hydrogen-bond acceptors (Lipinski definition) is 3. The molecule has 1 rings (SSSR count). The van der Waals surface area contributed by atoms with Crippen LogP contribution in [0.15, 0.2) is 0 Å². The molecule has 1 saturated heterocycles. The van der Waals surface area contributed by atoms with Crippen molar-refractivity contribution in [1.29, 1.82) is 0 Å². The van der Waals surface area contributed by atoms with Crippen LogP contribution in [-0.4, -0.2) is 40.8 Å². The summed E-state index contributed by atoms with van der Waals surface area (Å²) in [4.78, 5) is 13.2. The van der Waals surface area contributed by atoms with Gasteiger partial charge in [-0.05, 0) is 20.3 Å². The topological polar surface area (TPSA) is 20.3 Å². The van der Waals surface area contributed by atoms with Gasteiger partial charge in [0.2, 0.25) is 0 Å². The lowest BCUT2D eigenvalue weighted by atomic mass is 10.0. The fourth-order valence-electron chi connectivity index (χ4n) is 1.56. The summed E-state index contributed by atoms with van der Waals surface area (Å²) in [6.45, 7) is 8.33. The molecule has 0 radical (unpaired) electrons. The summed E-state index contributed by atoms with van der Waals surface area (Å²) in [6, 6.07) is 0. The van der Waals surface area contributed by atoms with E-state index >= 15 is 0 Å². The third-order valence-corrected chi connectivity index (χ3v) is 4.07. The van der Waals surface area contributed by atoms with Gasteiger partial charge in [0, 0.05) is 24.1 Å². The Morgan fingerprint density at radius 1 is 1.62 bits per heavy atom. The second-order valence-corrected chi connectivity index (χ2v) is 5.53. The van der Waals surface area contributed by atoms with Crippen LogP contribution in [0.3, 0.4) is 0 Å². The number of rotatable bonds is 3. The molecular formula is C10H19NOS. The summed E-state index contributed by atoms with van der Waals surface area (Å²) < 4.78 is 0. The molecule has 0 aromatic heterocycles. The van der Waals surface area contributed by atoms with Crippen molar-refractivity contribution in [1.82, 2.24) is 4.90 Å². The Morgan fingerprint density at radius 2 is 2.31 bits per heavy atom. The van der Waals surface area contributed by atoms with E-state index in [9.17, 15) is 4.79 Å². The molecule has 1 heterocycles. The number of carbonyl (C=O) groups excluding carboxylic acids is 1. The largest absolute Gasteiger partial charge is 0.301 e. The highest BCUT2D eigenvalue weighted by Crippen LogP contribution is 2.25. The first-order valence-electron chi connectivity index (χ1n) is 4.93. The zero-order chi connectivity index (χ0) is 9.90. The Kier molecular flexibility index (Phi) is 3.80. The smallest absolute Gasteiger partial charge is 0.139 e. The summed E-state index contributed by atoms with van der Waals surface area (Å²) >= 11 is 2.04. The predicted molar refractivity (Wildman–Crippen MR) is 58.3 cm³/mol. The SMILES string of the molecule is CCC1CN(C(C)(C)C=O)CCS1. The number of nitrogens with zero attached hydrogens (tertiary/aromatic N) is 1. The van der Waals surface area contributed by atoms with E-state index in [0.29, 0.717) is 5.25 Å². The maximum Gasteiger partial charge on any atom is 0.139 e. The normalized spacial score (nSPS) is 25.9. The minimum atomic E-state index is -0.269. The highest BCUT2D eigenvalue weighted by atomic mass is 32.2. The van der Waals surface area contributed by atoms with Crippen LogP contribution in [0, 0.1) is 0 Å². The molecule has 1 aliphatic rings. The van der Waals surface area contributed by atoms with Gasteiger partial charge in [-0.3, -0.25) is 4.90 Å². The molecule has 0 saturated carbocycles. The van der Waals surface area contributed by atoms with Crippen molar-refractivity contribution in [3.8, 4) is 0 Å². The van der Waals surface area contributed by atoms with Gasteiger partial charge in [-0.1, -0.05) is 6.92 Å². The lowest BCUT2D eigenvalue weighted by Gasteiger charge is -2.40. The molecule has 2 nitrogen and oxygen atoms in total. The minimum absolute atomic E-state index is 0.269. The lowest BCUT2D eigenvalue weighted by molar-refractivity contribution is -0.116. The molecule has 0 aromatic carbocycles. The van der Waals surface area contributed by atoms with E-state index in [4.69, 9.17) is 0 Å². The van der Waals surface area contributed by atoms with Crippen LogP contribution in [-0.2, 0) is 4.79 Å². The zero-order valence-corrected chi connectivity index (χ0v) is 9.56. The summed E-state index contributed by atoms with van der Waals surface area (Å²) in [7, 11) is 0. The predicted octanol–water partition coefficient (Wildman–Crippen LogP) is 1.79. The zero-order valence-electron chi connectivity index (χ0n) is 8.75. The summed E-state index contributed by atoms with van der Waals surface area (Å²) in [5, 5.41) is 0.716. The van der Waals surface area contributed by atoms with Gasteiger partial charge in [-0.15, -0.1) is 0 Å². The van der Waals surface area contributed by atoms with Crippen molar-refractivity contribution >= 4 is 18.0 Å². The maximum absolute atomic E-state index is 10.9. The van der Waals surface area contributed by atoms with Gasteiger partial charge in [0.15, 0.2) is 0 Å². The second-order valence-electron chi connectivity index (χ2n) is 4.12. The van der Waals surface area contributed by atoms with Crippen LogP contribution in [0.25, 0.3) is 0 Å². The molecule has 1 unspecified atom stereocenters. The molecular weight excluding hydrogens is 182 g/mol. The fourth-order valence-corrected chi connectivity index (χ4v) is 2.74. The van der Waals surface area contributed by atoms with Crippen molar-refractivity contribution in [3.63, 3.8) is 0 Å². The number of hydrogen-bond donors (Lipinski definition) is 0. The van der Waals surface area contributed by atoms with Crippen molar-refractivity contribution in [2.75, 3.05) is 18.8 Å². The Hall–Kier alpha value is -0.0200. The van der Waals surface area contributed by atoms with Gasteiger partial charge in [0.25, 0.3) is 0 Å². The molecule has 1 aliphatic heterocycles. The number of thioether (sulfide) groups is 1. The third kappa shape index (κ3) is 2.71. The third-order valence-electron chi connectivity index (χ3n) is 2.70. The molecule has 0 aliphatic carbocycles. The van der Waals surface area contributed by atoms with Crippen LogP contribution in [0.2, 0.25) is 0 Å². The summed E-state index contributed by atoms with van der Waals surface area (Å²) in [5.41, 5.74) is -0.269. The minimum Gasteiger partial charge on any atom is -0.301 e. The second kappa shape index (κ2) is 4.47. The molecule has 0 spiro atoms. The molecule has 1 atom stereocenters. The molecule has 1 fully saturated rings. The van der Waals surface area contributed by atoms with Crippen LogP contribution >= 0.6 is 11.8 Å². The fraction of sp³-hybridized carbons (Fsp3) is 0.900. The molecule has 0 bridgehead atoms. The van der Waals surface area contributed by atoms with E-state index < -0.39 is 0 Å². The van der Waals surface area contributed by atoms with E-state index in [-0.39, 0.29) is 5.54 Å². The molecule has 3 heteroatoms. The van der Waals surface area contributed by atoms with E-state index in [1.807, 2.05) is 25.6 Å². The monoisotopic (exact) mass is 201 g/mol. The van der Waals surface area contributed by atoms with Crippen molar-refractivity contribution in [2.45, 2.75) is 38.0 Å². The number of aldehydes is 1. The highest BCUT2D eigenvalue weighted by molar-refractivity contribution is 8.00. The first kappa shape index (κ1) is 11.1. The molecule has 0 amide bonds. The summed E-state index contributed by atoms with van der Waals surface area (Å²) in [6.07, 6.45) is 2.27. The van der Waals surface area contributed by atoms with Crippen molar-refractivity contribution < 1.29 is 4.79 Å². The van der Waals surface area contributed by atoms with E-state index in [1.54, 1.807) is 0 Å². The average Bonchev–Trinajstić information content (AvgIpc) is 2.18. The molecule has 13 heavy (non-hydrogen) atoms. The lowest BCUT2D eigenvalue weighted by Crippen LogP contribution is -2.51.